The molecule has 2 aromatic rings. The van der Waals surface area contributed by atoms with Crippen LogP contribution in [0.3, 0.4) is 0 Å². The zero-order valence-corrected chi connectivity index (χ0v) is 15.7. The highest BCUT2D eigenvalue weighted by Crippen LogP contribution is 2.32. The lowest BCUT2D eigenvalue weighted by molar-refractivity contribution is -0.124. The van der Waals surface area contributed by atoms with Gasteiger partial charge in [-0.05, 0) is 42.7 Å². The lowest BCUT2D eigenvalue weighted by atomic mass is 10.0. The molecule has 6 nitrogen and oxygen atoms in total. The van der Waals surface area contributed by atoms with Crippen LogP contribution >= 0.6 is 0 Å². The summed E-state index contributed by atoms with van der Waals surface area (Å²) in [5.74, 6) is 0.861. The molecular weight excluding hydrogens is 344 g/mol. The first kappa shape index (κ1) is 18.8. The Bertz CT molecular complexity index is 848. The van der Waals surface area contributed by atoms with Crippen LogP contribution in [0.15, 0.2) is 42.5 Å². The van der Waals surface area contributed by atoms with Gasteiger partial charge in [-0.25, -0.2) is 0 Å². The molecule has 142 valence electrons. The molecule has 0 bridgehead atoms. The van der Waals surface area contributed by atoms with Crippen LogP contribution in [0.2, 0.25) is 0 Å². The molecule has 2 amide bonds. The number of rotatable bonds is 6. The second-order valence-corrected chi connectivity index (χ2v) is 6.97. The first-order valence-electron chi connectivity index (χ1n) is 8.98. The second kappa shape index (κ2) is 8.12. The van der Waals surface area contributed by atoms with Crippen LogP contribution in [0.5, 0.6) is 11.5 Å². The molecule has 6 heteroatoms. The van der Waals surface area contributed by atoms with Gasteiger partial charge in [0.05, 0.1) is 0 Å². The molecule has 0 saturated heterocycles. The third-order valence-electron chi connectivity index (χ3n) is 4.42. The van der Waals surface area contributed by atoms with Crippen molar-refractivity contribution >= 4 is 11.8 Å². The number of benzene rings is 2. The van der Waals surface area contributed by atoms with Crippen LogP contribution in [0.1, 0.15) is 35.3 Å². The molecule has 3 rings (SSSR count). The molecule has 0 saturated carbocycles. The Kier molecular flexibility index (Phi) is 5.64. The number of hydrogen-bond donors (Lipinski definition) is 2. The lowest BCUT2D eigenvalue weighted by Crippen LogP contribution is -2.49. The average molecular weight is 368 g/mol. The molecule has 27 heavy (non-hydrogen) atoms. The minimum Gasteiger partial charge on any atom is -0.454 e. The number of aryl methyl sites for hydroxylation is 1. The summed E-state index contributed by atoms with van der Waals surface area (Å²) >= 11 is 0. The van der Waals surface area contributed by atoms with E-state index in [0.717, 1.165) is 11.1 Å². The van der Waals surface area contributed by atoms with Crippen molar-refractivity contribution in [2.24, 2.45) is 5.92 Å². The Morgan fingerprint density at radius 3 is 2.59 bits per heavy atom. The topological polar surface area (TPSA) is 76.7 Å². The van der Waals surface area contributed by atoms with E-state index in [9.17, 15) is 9.59 Å². The SMILES string of the molecule is Cc1cccc(C(=O)NC(C(=O)NCc2ccc3c(c2)OCO3)C(C)C)c1. The maximum Gasteiger partial charge on any atom is 0.251 e. The summed E-state index contributed by atoms with van der Waals surface area (Å²) in [6, 6.07) is 12.2. The third kappa shape index (κ3) is 4.58. The quantitative estimate of drug-likeness (QED) is 0.822. The van der Waals surface area contributed by atoms with Crippen LogP contribution in [0, 0.1) is 12.8 Å². The fraction of sp³-hybridized carbons (Fsp3) is 0.333. The zero-order valence-electron chi connectivity index (χ0n) is 15.7. The molecule has 2 N–H and O–H groups in total. The predicted octanol–water partition coefficient (Wildman–Crippen LogP) is 2.79. The number of carbonyl (C=O) groups excluding carboxylic acids is 2. The first-order chi connectivity index (χ1) is 12.9. The van der Waals surface area contributed by atoms with E-state index in [-0.39, 0.29) is 24.5 Å². The number of ether oxygens (including phenoxy) is 2. The number of fused-ring (bicyclic) bond motifs is 1. The molecule has 0 aromatic heterocycles. The molecule has 0 aliphatic carbocycles. The maximum atomic E-state index is 12.6. The van der Waals surface area contributed by atoms with Crippen LogP contribution in [0.4, 0.5) is 0 Å². The van der Waals surface area contributed by atoms with Crippen LogP contribution in [-0.4, -0.2) is 24.6 Å². The predicted molar refractivity (Wildman–Crippen MR) is 102 cm³/mol. The lowest BCUT2D eigenvalue weighted by Gasteiger charge is -2.22. The van der Waals surface area contributed by atoms with E-state index in [4.69, 9.17) is 9.47 Å². The van der Waals surface area contributed by atoms with Crippen molar-refractivity contribution in [3.63, 3.8) is 0 Å². The Balaban J connectivity index is 1.62. The summed E-state index contributed by atoms with van der Waals surface area (Å²) in [7, 11) is 0. The Hall–Kier alpha value is -3.02. The summed E-state index contributed by atoms with van der Waals surface area (Å²) in [6.45, 7) is 6.29. The van der Waals surface area contributed by atoms with Crippen LogP contribution < -0.4 is 20.1 Å². The van der Waals surface area contributed by atoms with Crippen molar-refractivity contribution in [1.29, 1.82) is 0 Å². The minimum atomic E-state index is -0.618. The van der Waals surface area contributed by atoms with E-state index >= 15 is 0 Å². The van der Waals surface area contributed by atoms with E-state index < -0.39 is 6.04 Å². The molecule has 1 aliphatic rings. The van der Waals surface area contributed by atoms with Gasteiger partial charge in [-0.15, -0.1) is 0 Å². The Morgan fingerprint density at radius 2 is 1.85 bits per heavy atom. The maximum absolute atomic E-state index is 12.6. The van der Waals surface area contributed by atoms with Gasteiger partial charge >= 0.3 is 0 Å². The van der Waals surface area contributed by atoms with Gasteiger partial charge in [0, 0.05) is 12.1 Å². The smallest absolute Gasteiger partial charge is 0.251 e. The van der Waals surface area contributed by atoms with E-state index in [1.807, 2.05) is 51.1 Å². The van der Waals surface area contributed by atoms with E-state index in [1.165, 1.54) is 0 Å². The fourth-order valence-corrected chi connectivity index (χ4v) is 2.90. The number of carbonyl (C=O) groups is 2. The van der Waals surface area contributed by atoms with Crippen molar-refractivity contribution in [1.82, 2.24) is 10.6 Å². The summed E-state index contributed by atoms with van der Waals surface area (Å²) in [6.07, 6.45) is 0. The third-order valence-corrected chi connectivity index (χ3v) is 4.42. The molecule has 1 unspecified atom stereocenters. The minimum absolute atomic E-state index is 0.0458. The highest BCUT2D eigenvalue weighted by atomic mass is 16.7. The van der Waals surface area contributed by atoms with Crippen molar-refractivity contribution in [3.8, 4) is 11.5 Å². The van der Waals surface area contributed by atoms with Gasteiger partial charge in [0.15, 0.2) is 11.5 Å². The summed E-state index contributed by atoms with van der Waals surface area (Å²) in [5, 5.41) is 5.73. The summed E-state index contributed by atoms with van der Waals surface area (Å²) in [4.78, 5) is 25.1. The van der Waals surface area contributed by atoms with E-state index in [1.54, 1.807) is 12.1 Å². The van der Waals surface area contributed by atoms with Gasteiger partial charge in [-0.1, -0.05) is 37.6 Å². The monoisotopic (exact) mass is 368 g/mol. The Labute approximate surface area is 158 Å². The van der Waals surface area contributed by atoms with Crippen molar-refractivity contribution in [2.45, 2.75) is 33.4 Å². The standard InChI is InChI=1S/C21H24N2O4/c1-13(2)19(23-20(24)16-6-4-5-14(3)9-16)21(25)22-11-15-7-8-17-18(10-15)27-12-26-17/h4-10,13,19H,11-12H2,1-3H3,(H,22,25)(H,23,24). The van der Waals surface area contributed by atoms with Gasteiger partial charge in [0.1, 0.15) is 6.04 Å². The molecular formula is C21H24N2O4. The highest BCUT2D eigenvalue weighted by Gasteiger charge is 2.24. The normalized spacial score (nSPS) is 13.3. The fourth-order valence-electron chi connectivity index (χ4n) is 2.90. The van der Waals surface area contributed by atoms with Crippen LogP contribution in [-0.2, 0) is 11.3 Å². The number of nitrogens with one attached hydrogen (secondary N) is 2. The molecule has 1 atom stereocenters. The molecule has 0 spiro atoms. The zero-order chi connectivity index (χ0) is 19.4. The van der Waals surface area contributed by atoms with Crippen molar-refractivity contribution < 1.29 is 19.1 Å². The van der Waals surface area contributed by atoms with Gasteiger partial charge < -0.3 is 20.1 Å². The van der Waals surface area contributed by atoms with E-state index in [2.05, 4.69) is 10.6 Å². The molecule has 1 heterocycles. The van der Waals surface area contributed by atoms with Gasteiger partial charge in [-0.3, -0.25) is 9.59 Å². The molecule has 0 radical (unpaired) electrons. The average Bonchev–Trinajstić information content (AvgIpc) is 3.11. The summed E-state index contributed by atoms with van der Waals surface area (Å²) in [5.41, 5.74) is 2.44. The van der Waals surface area contributed by atoms with Gasteiger partial charge in [-0.2, -0.15) is 0 Å². The highest BCUT2D eigenvalue weighted by molar-refractivity contribution is 5.97. The molecule has 2 aromatic carbocycles. The first-order valence-corrected chi connectivity index (χ1v) is 8.98. The van der Waals surface area contributed by atoms with E-state index in [0.29, 0.717) is 23.6 Å². The summed E-state index contributed by atoms with van der Waals surface area (Å²) < 4.78 is 10.6. The molecule has 1 aliphatic heterocycles. The van der Waals surface area contributed by atoms with Crippen LogP contribution in [0.25, 0.3) is 0 Å². The van der Waals surface area contributed by atoms with Crippen molar-refractivity contribution in [2.75, 3.05) is 6.79 Å². The molecule has 0 fully saturated rings. The van der Waals surface area contributed by atoms with Gasteiger partial charge in [0.25, 0.3) is 5.91 Å². The largest absolute Gasteiger partial charge is 0.454 e. The number of amides is 2. The number of hydrogen-bond acceptors (Lipinski definition) is 4. The van der Waals surface area contributed by atoms with Crippen molar-refractivity contribution in [3.05, 3.63) is 59.2 Å². The second-order valence-electron chi connectivity index (χ2n) is 6.97. The van der Waals surface area contributed by atoms with Gasteiger partial charge in [0.2, 0.25) is 12.7 Å². The Morgan fingerprint density at radius 1 is 1.07 bits per heavy atom.